The van der Waals surface area contributed by atoms with E-state index >= 15 is 0 Å². The summed E-state index contributed by atoms with van der Waals surface area (Å²) >= 11 is 0. The van der Waals surface area contributed by atoms with Crippen molar-refractivity contribution in [3.8, 4) is 5.75 Å². The van der Waals surface area contributed by atoms with Crippen molar-refractivity contribution >= 4 is 45.3 Å². The van der Waals surface area contributed by atoms with E-state index in [1.807, 2.05) is 4.90 Å². The minimum absolute atomic E-state index is 0. The van der Waals surface area contributed by atoms with Crippen LogP contribution in [0.15, 0.2) is 54.9 Å². The number of hydrogen-bond acceptors (Lipinski definition) is 6. The molecule has 0 saturated carbocycles. The molecule has 0 unspecified atom stereocenters. The second-order valence-electron chi connectivity index (χ2n) is 7.37. The van der Waals surface area contributed by atoms with Gasteiger partial charge in [0.25, 0.3) is 5.91 Å². The summed E-state index contributed by atoms with van der Waals surface area (Å²) in [6.07, 6.45) is 2.22. The molecule has 2 atom stereocenters. The molecule has 12 heteroatoms. The third kappa shape index (κ3) is 7.60. The van der Waals surface area contributed by atoms with Gasteiger partial charge in [-0.3, -0.25) is 4.79 Å². The fraction of sp³-hybridized carbons (Fsp3) is 0.333. The first-order valence-corrected chi connectivity index (χ1v) is 9.82. The average molecular weight is 515 g/mol. The second-order valence-corrected chi connectivity index (χ2v) is 7.37. The molecule has 180 valence electrons. The predicted molar refractivity (Wildman–Crippen MR) is 135 cm³/mol. The van der Waals surface area contributed by atoms with E-state index in [-0.39, 0.29) is 63.1 Å². The molecule has 1 fully saturated rings. The maximum atomic E-state index is 13.1. The minimum Gasteiger partial charge on any atom is -0.492 e. The van der Waals surface area contributed by atoms with Gasteiger partial charge in [-0.2, -0.15) is 31.8 Å². The predicted octanol–water partition coefficient (Wildman–Crippen LogP) is 2.50. The highest BCUT2D eigenvalue weighted by atomic mass is 35.5. The molecule has 3 aromatic rings. The highest BCUT2D eigenvalue weighted by Gasteiger charge is 2.28. The number of tetrazole rings is 1. The summed E-state index contributed by atoms with van der Waals surface area (Å²) in [6.45, 7) is 2.01. The largest absolute Gasteiger partial charge is 0.492 e. The number of hydrogen-bond donors (Lipinski definition) is 1. The first-order valence-electron chi connectivity index (χ1n) is 9.82. The van der Waals surface area contributed by atoms with E-state index in [0.29, 0.717) is 37.6 Å². The lowest BCUT2D eigenvalue weighted by Crippen LogP contribution is -2.33. The van der Waals surface area contributed by atoms with Crippen LogP contribution in [-0.4, -0.2) is 56.8 Å². The number of nitrogens with two attached hydrogens (primary N) is 1. The van der Waals surface area contributed by atoms with E-state index in [1.165, 1.54) is 23.3 Å². The first kappa shape index (κ1) is 28.7. The maximum Gasteiger partial charge on any atom is 0.253 e. The van der Waals surface area contributed by atoms with Crippen LogP contribution < -0.4 is 10.5 Å². The molecule has 1 aromatic heterocycles. The third-order valence-electron chi connectivity index (χ3n) is 5.17. The fourth-order valence-corrected chi connectivity index (χ4v) is 3.57. The molecule has 0 spiro atoms. The van der Waals surface area contributed by atoms with Gasteiger partial charge in [-0.05, 0) is 53.6 Å². The van der Waals surface area contributed by atoms with E-state index in [0.717, 1.165) is 12.0 Å². The van der Waals surface area contributed by atoms with Crippen molar-refractivity contribution in [2.24, 2.45) is 5.73 Å². The Hall–Kier alpha value is -2.34. The number of ether oxygens (including phenoxy) is 1. The number of halogens is 2. The molecular weight excluding hydrogens is 487 g/mol. The van der Waals surface area contributed by atoms with Crippen LogP contribution in [0.4, 0.5) is 4.39 Å². The van der Waals surface area contributed by atoms with Crippen molar-refractivity contribution in [1.29, 1.82) is 0 Å². The molecule has 2 aromatic carbocycles. The summed E-state index contributed by atoms with van der Waals surface area (Å²) in [4.78, 5) is 16.1. The zero-order chi connectivity index (χ0) is 20.9. The quantitative estimate of drug-likeness (QED) is 0.520. The van der Waals surface area contributed by atoms with Gasteiger partial charge in [0.1, 0.15) is 18.2 Å². The van der Waals surface area contributed by atoms with Crippen molar-refractivity contribution in [3.63, 3.8) is 0 Å². The Kier molecular flexibility index (Phi) is 11.6. The summed E-state index contributed by atoms with van der Waals surface area (Å²) in [5, 5.41) is 11.3. The van der Waals surface area contributed by atoms with Crippen molar-refractivity contribution < 1.29 is 13.9 Å². The summed E-state index contributed by atoms with van der Waals surface area (Å²) in [5.41, 5.74) is 7.68. The number of likely N-dealkylation sites (tertiary alicyclic amines) is 1. The summed E-state index contributed by atoms with van der Waals surface area (Å²) in [6, 6.07) is 13.3. The molecule has 0 radical (unpaired) electrons. The van der Waals surface area contributed by atoms with Crippen molar-refractivity contribution in [2.45, 2.75) is 24.9 Å². The van der Waals surface area contributed by atoms with Crippen LogP contribution in [0.1, 0.15) is 28.3 Å². The van der Waals surface area contributed by atoms with Gasteiger partial charge in [-0.1, -0.05) is 12.1 Å². The van der Waals surface area contributed by atoms with Crippen LogP contribution in [0.25, 0.3) is 0 Å². The average Bonchev–Trinajstić information content (AvgIpc) is 3.45. The topological polar surface area (TPSA) is 99.2 Å². The molecule has 4 rings (SSSR count). The van der Waals surface area contributed by atoms with Gasteiger partial charge in [-0.25, -0.2) is 4.39 Å². The van der Waals surface area contributed by atoms with Crippen LogP contribution in [0.3, 0.4) is 0 Å². The fourth-order valence-electron chi connectivity index (χ4n) is 3.57. The zero-order valence-corrected chi connectivity index (χ0v) is 20.6. The summed E-state index contributed by atoms with van der Waals surface area (Å²) < 4.78 is 18.8. The van der Waals surface area contributed by atoms with E-state index in [9.17, 15) is 9.18 Å². The Labute approximate surface area is 212 Å². The van der Waals surface area contributed by atoms with Gasteiger partial charge < -0.3 is 15.4 Å². The Morgan fingerprint density at radius 2 is 1.85 bits per heavy atom. The highest BCUT2D eigenvalue weighted by Crippen LogP contribution is 2.28. The van der Waals surface area contributed by atoms with E-state index in [2.05, 4.69) is 15.4 Å². The Morgan fingerprint density at radius 3 is 2.48 bits per heavy atom. The molecule has 8 nitrogen and oxygen atoms in total. The third-order valence-corrected chi connectivity index (χ3v) is 5.17. The van der Waals surface area contributed by atoms with Crippen LogP contribution in [0.5, 0.6) is 5.75 Å². The number of carbonyl (C=O) groups excluding carboxylic acids is 1. The number of aromatic nitrogens is 4. The monoisotopic (exact) mass is 514 g/mol. The first-order chi connectivity index (χ1) is 14.6. The number of carbonyl (C=O) groups is 1. The lowest BCUT2D eigenvalue weighted by molar-refractivity contribution is 0.0790. The Bertz CT molecular complexity index is 979. The van der Waals surface area contributed by atoms with Gasteiger partial charge in [0, 0.05) is 24.6 Å². The van der Waals surface area contributed by atoms with Gasteiger partial charge in [0.15, 0.2) is 6.33 Å². The summed E-state index contributed by atoms with van der Waals surface area (Å²) in [7, 11) is 0. The molecule has 1 aliphatic heterocycles. The van der Waals surface area contributed by atoms with E-state index in [4.69, 9.17) is 10.5 Å². The lowest BCUT2D eigenvalue weighted by Gasteiger charge is -2.17. The van der Waals surface area contributed by atoms with Crippen molar-refractivity contribution in [2.75, 3.05) is 19.7 Å². The van der Waals surface area contributed by atoms with Crippen molar-refractivity contribution in [3.05, 3.63) is 71.8 Å². The molecule has 2 N–H and O–H groups in total. The number of rotatable bonds is 7. The van der Waals surface area contributed by atoms with Crippen molar-refractivity contribution in [1.82, 2.24) is 25.1 Å². The number of nitrogens with zero attached hydrogens (tertiary/aromatic N) is 5. The van der Waals surface area contributed by atoms with Gasteiger partial charge in [0.2, 0.25) is 0 Å². The molecule has 1 amide bonds. The normalized spacial score (nSPS) is 15.6. The molecule has 33 heavy (non-hydrogen) atoms. The van der Waals surface area contributed by atoms with Crippen LogP contribution >= 0.6 is 39.4 Å². The lowest BCUT2D eigenvalue weighted by atomic mass is 9.99. The Morgan fingerprint density at radius 1 is 1.15 bits per heavy atom. The zero-order valence-electron chi connectivity index (χ0n) is 17.8. The molecular formula is C21H28ClFN6O2S2. The number of amides is 1. The molecule has 1 aliphatic rings. The maximum absolute atomic E-state index is 13.1. The van der Waals surface area contributed by atoms with Gasteiger partial charge in [-0.15, -0.1) is 22.6 Å². The van der Waals surface area contributed by atoms with E-state index in [1.54, 1.807) is 36.4 Å². The highest BCUT2D eigenvalue weighted by molar-refractivity contribution is 7.59. The minimum atomic E-state index is -0.284. The molecule has 0 aliphatic carbocycles. The Balaban J connectivity index is 0.00000181. The second kappa shape index (κ2) is 13.4. The molecule has 0 bridgehead atoms. The standard InChI is InChI=1S/C21H23FN6O2.ClH.2H2S/c22-18-5-1-15(2-6-18)17-9-10-27(11-17)21(29)16-3-7-20(8-4-16)30-13-19(23)12-28-25-14-24-26-28;;;/h1-8,14,17,19H,9-13,23H2;1H;2*1H2/t17-,19+;;;/m1.../s1. The van der Waals surface area contributed by atoms with E-state index < -0.39 is 0 Å². The van der Waals surface area contributed by atoms with Crippen LogP contribution in [-0.2, 0) is 6.54 Å². The summed E-state index contributed by atoms with van der Waals surface area (Å²) in [5.74, 6) is 0.611. The molecule has 1 saturated heterocycles. The molecule has 2 heterocycles. The van der Waals surface area contributed by atoms with Gasteiger partial charge in [0.05, 0.1) is 12.6 Å². The number of benzene rings is 2. The van der Waals surface area contributed by atoms with Crippen LogP contribution in [0, 0.1) is 5.82 Å². The van der Waals surface area contributed by atoms with Crippen LogP contribution in [0.2, 0.25) is 0 Å². The SMILES string of the molecule is Cl.N[C@H](COc1ccc(C(=O)N2CC[C@@H](c3ccc(F)cc3)C2)cc1)Cn1ncnn1.S.S. The van der Waals surface area contributed by atoms with Gasteiger partial charge >= 0.3 is 0 Å². The smallest absolute Gasteiger partial charge is 0.253 e.